The van der Waals surface area contributed by atoms with E-state index in [-0.39, 0.29) is 6.42 Å². The van der Waals surface area contributed by atoms with Crippen LogP contribution >= 0.6 is 0 Å². The highest BCUT2D eigenvalue weighted by Gasteiger charge is 1.97. The maximum atomic E-state index is 10.7. The summed E-state index contributed by atoms with van der Waals surface area (Å²) >= 11 is 0. The van der Waals surface area contributed by atoms with Gasteiger partial charge in [-0.2, -0.15) is 0 Å². The highest BCUT2D eigenvalue weighted by atomic mass is 16.5. The number of ether oxygens (including phenoxy) is 2. The SMILES string of the molecule is C=COC(=O)/C=C/CC(=O)OC=C. The average molecular weight is 182 g/mol. The Morgan fingerprint density at radius 1 is 1.15 bits per heavy atom. The molecular weight excluding hydrogens is 172 g/mol. The van der Waals surface area contributed by atoms with Gasteiger partial charge in [0, 0.05) is 6.08 Å². The van der Waals surface area contributed by atoms with Crippen LogP contribution in [0.4, 0.5) is 0 Å². The van der Waals surface area contributed by atoms with Crippen LogP contribution in [0.3, 0.4) is 0 Å². The molecule has 0 heterocycles. The molecule has 0 atom stereocenters. The van der Waals surface area contributed by atoms with Crippen LogP contribution in [-0.4, -0.2) is 11.9 Å². The largest absolute Gasteiger partial charge is 0.435 e. The summed E-state index contributed by atoms with van der Waals surface area (Å²) in [6.07, 6.45) is 4.48. The van der Waals surface area contributed by atoms with Gasteiger partial charge in [0.05, 0.1) is 18.9 Å². The molecular formula is C9H10O4. The number of rotatable bonds is 5. The molecule has 0 rings (SSSR count). The van der Waals surface area contributed by atoms with E-state index in [2.05, 4.69) is 22.6 Å². The lowest BCUT2D eigenvalue weighted by Gasteiger charge is -1.92. The number of hydrogen-bond donors (Lipinski definition) is 0. The van der Waals surface area contributed by atoms with Crippen molar-refractivity contribution in [3.05, 3.63) is 37.8 Å². The molecule has 0 aromatic rings. The number of esters is 2. The van der Waals surface area contributed by atoms with Crippen LogP contribution in [0.15, 0.2) is 37.8 Å². The van der Waals surface area contributed by atoms with E-state index in [1.807, 2.05) is 0 Å². The van der Waals surface area contributed by atoms with Gasteiger partial charge in [0.2, 0.25) is 0 Å². The number of carbonyl (C=O) groups excluding carboxylic acids is 2. The van der Waals surface area contributed by atoms with Gasteiger partial charge in [0.1, 0.15) is 0 Å². The second-order valence-corrected chi connectivity index (χ2v) is 1.87. The van der Waals surface area contributed by atoms with Crippen molar-refractivity contribution in [2.24, 2.45) is 0 Å². The zero-order valence-electron chi connectivity index (χ0n) is 7.06. The lowest BCUT2D eigenvalue weighted by molar-refractivity contribution is -0.136. The van der Waals surface area contributed by atoms with E-state index < -0.39 is 11.9 Å². The molecule has 4 heteroatoms. The molecule has 0 fully saturated rings. The first-order chi connectivity index (χ1) is 6.20. The molecule has 0 N–H and O–H groups in total. The molecule has 4 nitrogen and oxygen atoms in total. The molecule has 0 unspecified atom stereocenters. The van der Waals surface area contributed by atoms with Gasteiger partial charge in [-0.1, -0.05) is 19.2 Å². The van der Waals surface area contributed by atoms with Crippen LogP contribution in [0, 0.1) is 0 Å². The van der Waals surface area contributed by atoms with Gasteiger partial charge in [0.15, 0.2) is 0 Å². The van der Waals surface area contributed by atoms with Gasteiger partial charge in [-0.3, -0.25) is 4.79 Å². The fourth-order valence-electron chi connectivity index (χ4n) is 0.514. The first-order valence-electron chi connectivity index (χ1n) is 3.49. The maximum absolute atomic E-state index is 10.7. The molecule has 0 aliphatic carbocycles. The lowest BCUT2D eigenvalue weighted by atomic mass is 10.4. The summed E-state index contributed by atoms with van der Waals surface area (Å²) in [5, 5.41) is 0. The molecule has 70 valence electrons. The van der Waals surface area contributed by atoms with Crippen LogP contribution in [0.2, 0.25) is 0 Å². The second kappa shape index (κ2) is 6.84. The molecule has 0 radical (unpaired) electrons. The number of carbonyl (C=O) groups is 2. The molecule has 0 aromatic heterocycles. The van der Waals surface area contributed by atoms with Crippen molar-refractivity contribution in [1.29, 1.82) is 0 Å². The zero-order chi connectivity index (χ0) is 10.1. The molecule has 0 bridgehead atoms. The molecule has 0 aliphatic heterocycles. The summed E-state index contributed by atoms with van der Waals surface area (Å²) in [6, 6.07) is 0. The summed E-state index contributed by atoms with van der Waals surface area (Å²) < 4.78 is 8.73. The van der Waals surface area contributed by atoms with Gasteiger partial charge in [0.25, 0.3) is 0 Å². The Labute approximate surface area is 76.1 Å². The first-order valence-corrected chi connectivity index (χ1v) is 3.49. The molecule has 0 saturated carbocycles. The van der Waals surface area contributed by atoms with Crippen LogP contribution in [0.1, 0.15) is 6.42 Å². The van der Waals surface area contributed by atoms with E-state index in [0.717, 1.165) is 18.6 Å². The Bertz CT molecular complexity index is 240. The maximum Gasteiger partial charge on any atom is 0.335 e. The van der Waals surface area contributed by atoms with Crippen LogP contribution in [-0.2, 0) is 19.1 Å². The van der Waals surface area contributed by atoms with Gasteiger partial charge in [-0.15, -0.1) is 0 Å². The zero-order valence-corrected chi connectivity index (χ0v) is 7.06. The third kappa shape index (κ3) is 6.55. The predicted molar refractivity (Wildman–Crippen MR) is 46.3 cm³/mol. The van der Waals surface area contributed by atoms with Crippen LogP contribution < -0.4 is 0 Å². The van der Waals surface area contributed by atoms with Gasteiger partial charge < -0.3 is 9.47 Å². The third-order valence-electron chi connectivity index (χ3n) is 0.953. The molecule has 0 amide bonds. The molecule has 0 spiro atoms. The van der Waals surface area contributed by atoms with Crippen molar-refractivity contribution in [1.82, 2.24) is 0 Å². The van der Waals surface area contributed by atoms with E-state index >= 15 is 0 Å². The normalized spacial score (nSPS) is 9.23. The first kappa shape index (κ1) is 11.2. The average Bonchev–Trinajstić information content (AvgIpc) is 2.05. The minimum Gasteiger partial charge on any atom is -0.435 e. The van der Waals surface area contributed by atoms with Crippen molar-refractivity contribution in [2.75, 3.05) is 0 Å². The topological polar surface area (TPSA) is 52.6 Å². The Morgan fingerprint density at radius 2 is 1.77 bits per heavy atom. The molecule has 0 saturated heterocycles. The molecule has 0 aromatic carbocycles. The minimum atomic E-state index is -0.582. The minimum absolute atomic E-state index is 0.00172. The quantitative estimate of drug-likeness (QED) is 0.365. The summed E-state index contributed by atoms with van der Waals surface area (Å²) in [6.45, 7) is 6.39. The third-order valence-corrected chi connectivity index (χ3v) is 0.953. The van der Waals surface area contributed by atoms with E-state index in [1.54, 1.807) is 0 Å². The number of hydrogen-bond acceptors (Lipinski definition) is 4. The standard InChI is InChI=1S/C9H10O4/c1-3-12-8(10)6-5-7-9(11)13-4-2/h3-6H,1-2,7H2/b6-5+. The Hall–Kier alpha value is -1.84. The predicted octanol–water partition coefficient (Wildman–Crippen LogP) is 1.31. The summed E-state index contributed by atoms with van der Waals surface area (Å²) in [4.78, 5) is 21.3. The summed E-state index contributed by atoms with van der Waals surface area (Å²) in [7, 11) is 0. The van der Waals surface area contributed by atoms with Crippen molar-refractivity contribution in [2.45, 2.75) is 6.42 Å². The Morgan fingerprint density at radius 3 is 2.31 bits per heavy atom. The Balaban J connectivity index is 3.73. The van der Waals surface area contributed by atoms with Crippen molar-refractivity contribution < 1.29 is 19.1 Å². The van der Waals surface area contributed by atoms with Crippen LogP contribution in [0.5, 0.6) is 0 Å². The van der Waals surface area contributed by atoms with E-state index in [0.29, 0.717) is 0 Å². The van der Waals surface area contributed by atoms with Crippen LogP contribution in [0.25, 0.3) is 0 Å². The summed E-state index contributed by atoms with van der Waals surface area (Å²) in [5.41, 5.74) is 0. The molecule has 13 heavy (non-hydrogen) atoms. The Kier molecular flexibility index (Phi) is 5.88. The summed E-state index contributed by atoms with van der Waals surface area (Å²) in [5.74, 6) is -1.07. The smallest absolute Gasteiger partial charge is 0.335 e. The van der Waals surface area contributed by atoms with E-state index in [1.165, 1.54) is 6.08 Å². The highest BCUT2D eigenvalue weighted by Crippen LogP contribution is 1.90. The van der Waals surface area contributed by atoms with Crippen molar-refractivity contribution in [3.8, 4) is 0 Å². The fraction of sp³-hybridized carbons (Fsp3) is 0.111. The van der Waals surface area contributed by atoms with E-state index in [4.69, 9.17) is 0 Å². The van der Waals surface area contributed by atoms with E-state index in [9.17, 15) is 9.59 Å². The highest BCUT2D eigenvalue weighted by molar-refractivity contribution is 5.83. The fourth-order valence-corrected chi connectivity index (χ4v) is 0.514. The monoisotopic (exact) mass is 182 g/mol. The van der Waals surface area contributed by atoms with Gasteiger partial charge >= 0.3 is 11.9 Å². The van der Waals surface area contributed by atoms with Gasteiger partial charge in [-0.25, -0.2) is 4.79 Å². The van der Waals surface area contributed by atoms with Crippen molar-refractivity contribution in [3.63, 3.8) is 0 Å². The van der Waals surface area contributed by atoms with Crippen molar-refractivity contribution >= 4 is 11.9 Å². The lowest BCUT2D eigenvalue weighted by Crippen LogP contribution is -1.98. The molecule has 0 aliphatic rings. The second-order valence-electron chi connectivity index (χ2n) is 1.87. The van der Waals surface area contributed by atoms with Gasteiger partial charge in [-0.05, 0) is 0 Å².